The SMILES string of the molecule is O=C(CN1CCNCC1C(=O)O)NC(=O)c1ccccc1. The molecule has 1 saturated heterocycles. The number of hydrogen-bond donors (Lipinski definition) is 3. The van der Waals surface area contributed by atoms with Crippen LogP contribution in [0.5, 0.6) is 0 Å². The van der Waals surface area contributed by atoms with E-state index in [0.29, 0.717) is 18.7 Å². The highest BCUT2D eigenvalue weighted by atomic mass is 16.4. The first kappa shape index (κ1) is 15.1. The van der Waals surface area contributed by atoms with Crippen LogP contribution >= 0.6 is 0 Å². The lowest BCUT2D eigenvalue weighted by molar-refractivity contribution is -0.144. The smallest absolute Gasteiger partial charge is 0.322 e. The number of imide groups is 1. The van der Waals surface area contributed by atoms with Crippen LogP contribution in [0.3, 0.4) is 0 Å². The average Bonchev–Trinajstić information content (AvgIpc) is 2.48. The second-order valence-corrected chi connectivity index (χ2v) is 4.77. The maximum atomic E-state index is 11.9. The molecule has 1 aromatic rings. The van der Waals surface area contributed by atoms with Gasteiger partial charge in [-0.25, -0.2) is 0 Å². The van der Waals surface area contributed by atoms with Gasteiger partial charge in [0.2, 0.25) is 5.91 Å². The largest absolute Gasteiger partial charge is 0.480 e. The third-order valence-electron chi connectivity index (χ3n) is 3.27. The molecule has 7 nitrogen and oxygen atoms in total. The molecule has 0 aliphatic carbocycles. The Labute approximate surface area is 121 Å². The first-order valence-electron chi connectivity index (χ1n) is 6.64. The van der Waals surface area contributed by atoms with Crippen molar-refractivity contribution in [2.45, 2.75) is 6.04 Å². The van der Waals surface area contributed by atoms with Crippen molar-refractivity contribution in [3.05, 3.63) is 35.9 Å². The number of nitrogens with one attached hydrogen (secondary N) is 2. The summed E-state index contributed by atoms with van der Waals surface area (Å²) in [5.41, 5.74) is 0.390. The van der Waals surface area contributed by atoms with E-state index in [2.05, 4.69) is 10.6 Å². The molecule has 1 heterocycles. The van der Waals surface area contributed by atoms with Gasteiger partial charge >= 0.3 is 5.97 Å². The first-order valence-corrected chi connectivity index (χ1v) is 6.64. The van der Waals surface area contributed by atoms with Crippen LogP contribution in [0.4, 0.5) is 0 Å². The van der Waals surface area contributed by atoms with Crippen LogP contribution in [0.15, 0.2) is 30.3 Å². The zero-order chi connectivity index (χ0) is 15.2. The van der Waals surface area contributed by atoms with E-state index in [-0.39, 0.29) is 13.1 Å². The second-order valence-electron chi connectivity index (χ2n) is 4.77. The average molecular weight is 291 g/mol. The van der Waals surface area contributed by atoms with Crippen molar-refractivity contribution in [2.24, 2.45) is 0 Å². The molecule has 0 bridgehead atoms. The van der Waals surface area contributed by atoms with E-state index >= 15 is 0 Å². The quantitative estimate of drug-likeness (QED) is 0.678. The number of hydrogen-bond acceptors (Lipinski definition) is 5. The Balaban J connectivity index is 1.92. The molecule has 0 spiro atoms. The van der Waals surface area contributed by atoms with Gasteiger partial charge in [-0.05, 0) is 12.1 Å². The zero-order valence-corrected chi connectivity index (χ0v) is 11.4. The number of carbonyl (C=O) groups excluding carboxylic acids is 2. The number of piperazine rings is 1. The van der Waals surface area contributed by atoms with Gasteiger partial charge in [0, 0.05) is 25.2 Å². The van der Waals surface area contributed by atoms with Crippen LogP contribution in [0.25, 0.3) is 0 Å². The normalized spacial score (nSPS) is 19.0. The minimum absolute atomic E-state index is 0.114. The van der Waals surface area contributed by atoms with E-state index in [1.54, 1.807) is 35.2 Å². The Bertz CT molecular complexity index is 532. The van der Waals surface area contributed by atoms with E-state index in [1.807, 2.05) is 0 Å². The van der Waals surface area contributed by atoms with Gasteiger partial charge in [-0.1, -0.05) is 18.2 Å². The molecule has 1 fully saturated rings. The van der Waals surface area contributed by atoms with E-state index in [1.165, 1.54) is 0 Å². The molecule has 2 amide bonds. The van der Waals surface area contributed by atoms with Gasteiger partial charge in [-0.15, -0.1) is 0 Å². The molecule has 1 unspecified atom stereocenters. The number of rotatable bonds is 4. The van der Waals surface area contributed by atoms with Crippen molar-refractivity contribution in [2.75, 3.05) is 26.2 Å². The molecule has 1 aromatic carbocycles. The topological polar surface area (TPSA) is 98.7 Å². The summed E-state index contributed by atoms with van der Waals surface area (Å²) >= 11 is 0. The molecular weight excluding hydrogens is 274 g/mol. The number of carboxylic acids is 1. The summed E-state index contributed by atoms with van der Waals surface area (Å²) in [6.45, 7) is 1.24. The van der Waals surface area contributed by atoms with E-state index < -0.39 is 23.8 Å². The lowest BCUT2D eigenvalue weighted by atomic mass is 10.2. The number of carboxylic acid groups (broad SMARTS) is 1. The van der Waals surface area contributed by atoms with Crippen LogP contribution in [0.1, 0.15) is 10.4 Å². The lowest BCUT2D eigenvalue weighted by Gasteiger charge is -2.32. The van der Waals surface area contributed by atoms with Crippen LogP contribution in [0.2, 0.25) is 0 Å². The molecule has 0 radical (unpaired) electrons. The van der Waals surface area contributed by atoms with E-state index in [0.717, 1.165) is 0 Å². The number of benzene rings is 1. The molecule has 0 aromatic heterocycles. The molecule has 1 atom stereocenters. The summed E-state index contributed by atoms with van der Waals surface area (Å²) < 4.78 is 0. The van der Waals surface area contributed by atoms with Crippen LogP contribution in [-0.2, 0) is 9.59 Å². The molecule has 0 saturated carbocycles. The van der Waals surface area contributed by atoms with Gasteiger partial charge in [-0.2, -0.15) is 0 Å². The first-order chi connectivity index (χ1) is 10.1. The molecule has 1 aliphatic heterocycles. The molecule has 7 heteroatoms. The highest BCUT2D eigenvalue weighted by Crippen LogP contribution is 2.03. The summed E-state index contributed by atoms with van der Waals surface area (Å²) in [4.78, 5) is 36.4. The Morgan fingerprint density at radius 3 is 2.67 bits per heavy atom. The second kappa shape index (κ2) is 6.96. The third-order valence-corrected chi connectivity index (χ3v) is 3.27. The van der Waals surface area contributed by atoms with Crippen LogP contribution < -0.4 is 10.6 Å². The van der Waals surface area contributed by atoms with Crippen molar-refractivity contribution in [1.29, 1.82) is 0 Å². The molecule has 21 heavy (non-hydrogen) atoms. The fourth-order valence-corrected chi connectivity index (χ4v) is 2.19. The van der Waals surface area contributed by atoms with E-state index in [4.69, 9.17) is 5.11 Å². The Hall–Kier alpha value is -2.25. The van der Waals surface area contributed by atoms with Crippen LogP contribution in [-0.4, -0.2) is 60.0 Å². The number of carbonyl (C=O) groups is 3. The molecule has 112 valence electrons. The summed E-state index contributed by atoms with van der Waals surface area (Å²) in [5, 5.41) is 14.3. The minimum atomic E-state index is -0.982. The van der Waals surface area contributed by atoms with Crippen molar-refractivity contribution in [3.63, 3.8) is 0 Å². The molecule has 3 N–H and O–H groups in total. The van der Waals surface area contributed by atoms with Crippen molar-refractivity contribution in [1.82, 2.24) is 15.5 Å². The Kier molecular flexibility index (Phi) is 5.02. The Morgan fingerprint density at radius 1 is 1.29 bits per heavy atom. The Morgan fingerprint density at radius 2 is 2.00 bits per heavy atom. The van der Waals surface area contributed by atoms with Gasteiger partial charge in [0.25, 0.3) is 5.91 Å². The van der Waals surface area contributed by atoms with Gasteiger partial charge in [0.05, 0.1) is 6.54 Å². The fourth-order valence-electron chi connectivity index (χ4n) is 2.19. The standard InChI is InChI=1S/C14H17N3O4/c18-12(16-13(19)10-4-2-1-3-5-10)9-17-7-6-15-8-11(17)14(20)21/h1-5,11,15H,6-9H2,(H,20,21)(H,16,18,19). The van der Waals surface area contributed by atoms with Gasteiger partial charge < -0.3 is 10.4 Å². The highest BCUT2D eigenvalue weighted by Gasteiger charge is 2.29. The monoisotopic (exact) mass is 291 g/mol. The summed E-state index contributed by atoms with van der Waals surface area (Å²) in [5.74, 6) is -1.97. The maximum absolute atomic E-state index is 11.9. The van der Waals surface area contributed by atoms with Gasteiger partial charge in [-0.3, -0.25) is 24.6 Å². The highest BCUT2D eigenvalue weighted by molar-refractivity contribution is 6.05. The van der Waals surface area contributed by atoms with Gasteiger partial charge in [0.1, 0.15) is 6.04 Å². The predicted molar refractivity (Wildman–Crippen MR) is 74.8 cm³/mol. The fraction of sp³-hybridized carbons (Fsp3) is 0.357. The summed E-state index contributed by atoms with van der Waals surface area (Å²) in [6.07, 6.45) is 0. The molecule has 1 aliphatic rings. The molecule has 2 rings (SSSR count). The van der Waals surface area contributed by atoms with Crippen molar-refractivity contribution >= 4 is 17.8 Å². The van der Waals surface area contributed by atoms with Crippen molar-refractivity contribution in [3.8, 4) is 0 Å². The third kappa shape index (κ3) is 4.11. The number of nitrogens with zero attached hydrogens (tertiary/aromatic N) is 1. The van der Waals surface area contributed by atoms with Crippen LogP contribution in [0, 0.1) is 0 Å². The minimum Gasteiger partial charge on any atom is -0.480 e. The zero-order valence-electron chi connectivity index (χ0n) is 11.4. The predicted octanol–water partition coefficient (Wildman–Crippen LogP) is -0.699. The number of amides is 2. The molecular formula is C14H17N3O4. The van der Waals surface area contributed by atoms with Gasteiger partial charge in [0.15, 0.2) is 0 Å². The van der Waals surface area contributed by atoms with E-state index in [9.17, 15) is 14.4 Å². The maximum Gasteiger partial charge on any atom is 0.322 e. The number of aliphatic carboxylic acids is 1. The summed E-state index contributed by atoms with van der Waals surface area (Å²) in [6, 6.07) is 7.64. The van der Waals surface area contributed by atoms with Crippen molar-refractivity contribution < 1.29 is 19.5 Å². The lowest BCUT2D eigenvalue weighted by Crippen LogP contribution is -2.57. The summed E-state index contributed by atoms with van der Waals surface area (Å²) in [7, 11) is 0.